The summed E-state index contributed by atoms with van der Waals surface area (Å²) < 4.78 is 0. The number of carboxylic acid groups (broad SMARTS) is 1. The summed E-state index contributed by atoms with van der Waals surface area (Å²) >= 11 is 0. The number of rotatable bonds is 5. The van der Waals surface area contributed by atoms with Crippen LogP contribution >= 0.6 is 0 Å². The predicted octanol–water partition coefficient (Wildman–Crippen LogP) is 2.97. The molecule has 0 spiro atoms. The van der Waals surface area contributed by atoms with Gasteiger partial charge in [0.2, 0.25) is 5.91 Å². The van der Waals surface area contributed by atoms with E-state index in [0.29, 0.717) is 11.5 Å². The van der Waals surface area contributed by atoms with E-state index in [-0.39, 0.29) is 17.9 Å². The van der Waals surface area contributed by atoms with Crippen molar-refractivity contribution in [3.8, 4) is 0 Å². The molecular formula is C17H23NO3. The molecule has 0 unspecified atom stereocenters. The molecule has 1 N–H and O–H groups in total. The van der Waals surface area contributed by atoms with Crippen molar-refractivity contribution in [1.29, 1.82) is 0 Å². The molecule has 0 heterocycles. The molecule has 1 amide bonds. The van der Waals surface area contributed by atoms with Gasteiger partial charge in [-0.25, -0.2) is 4.79 Å². The summed E-state index contributed by atoms with van der Waals surface area (Å²) in [6.07, 6.45) is 6.38. The number of likely N-dealkylation sites (N-methyl/N-ethyl adjacent to an activating group) is 1. The summed E-state index contributed by atoms with van der Waals surface area (Å²) in [5.41, 5.74) is 0.808. The lowest BCUT2D eigenvalue weighted by Gasteiger charge is -2.27. The van der Waals surface area contributed by atoms with Crippen LogP contribution in [0.3, 0.4) is 0 Å². The first kappa shape index (κ1) is 15.5. The third-order valence-corrected chi connectivity index (χ3v) is 4.27. The summed E-state index contributed by atoms with van der Waals surface area (Å²) in [5, 5.41) is 9.15. The first-order chi connectivity index (χ1) is 10.1. The van der Waals surface area contributed by atoms with Crippen LogP contribution in [0.1, 0.15) is 48.0 Å². The van der Waals surface area contributed by atoms with E-state index >= 15 is 0 Å². The molecular weight excluding hydrogens is 266 g/mol. The average Bonchev–Trinajstić information content (AvgIpc) is 2.48. The van der Waals surface area contributed by atoms with Crippen LogP contribution in [0.5, 0.6) is 0 Å². The minimum absolute atomic E-state index is 0.00530. The van der Waals surface area contributed by atoms with Crippen LogP contribution in [-0.2, 0) is 11.2 Å². The van der Waals surface area contributed by atoms with Crippen LogP contribution in [-0.4, -0.2) is 35.5 Å². The van der Waals surface area contributed by atoms with E-state index in [1.54, 1.807) is 29.2 Å². The van der Waals surface area contributed by atoms with E-state index in [1.165, 1.54) is 32.1 Å². The molecule has 114 valence electrons. The van der Waals surface area contributed by atoms with Gasteiger partial charge in [-0.3, -0.25) is 4.79 Å². The molecule has 0 radical (unpaired) electrons. The Morgan fingerprint density at radius 1 is 1.19 bits per heavy atom. The molecule has 1 fully saturated rings. The van der Waals surface area contributed by atoms with E-state index in [9.17, 15) is 9.59 Å². The van der Waals surface area contributed by atoms with Crippen LogP contribution in [0.4, 0.5) is 0 Å². The monoisotopic (exact) mass is 289 g/mol. The molecule has 0 saturated heterocycles. The Bertz CT molecular complexity index is 507. The summed E-state index contributed by atoms with van der Waals surface area (Å²) in [7, 11) is 1.82. The van der Waals surface area contributed by atoms with Crippen LogP contribution in [0, 0.1) is 5.92 Å². The number of carboxylic acids is 1. The number of nitrogens with zero attached hydrogens (tertiary/aromatic N) is 1. The van der Waals surface area contributed by atoms with Crippen molar-refractivity contribution in [2.24, 2.45) is 5.92 Å². The van der Waals surface area contributed by atoms with Gasteiger partial charge in [0, 0.05) is 13.6 Å². The van der Waals surface area contributed by atoms with E-state index in [4.69, 9.17) is 5.11 Å². The van der Waals surface area contributed by atoms with Crippen molar-refractivity contribution < 1.29 is 14.7 Å². The maximum absolute atomic E-state index is 12.3. The summed E-state index contributed by atoms with van der Waals surface area (Å²) in [4.78, 5) is 25.2. The van der Waals surface area contributed by atoms with Crippen LogP contribution < -0.4 is 0 Å². The van der Waals surface area contributed by atoms with Gasteiger partial charge >= 0.3 is 5.97 Å². The van der Waals surface area contributed by atoms with Gasteiger partial charge in [-0.2, -0.15) is 0 Å². The second-order valence-electron chi connectivity index (χ2n) is 5.92. The second-order valence-corrected chi connectivity index (χ2v) is 5.92. The molecule has 0 bridgehead atoms. The van der Waals surface area contributed by atoms with E-state index in [2.05, 4.69) is 0 Å². The number of aromatic carboxylic acids is 1. The molecule has 4 heteroatoms. The number of hydrogen-bond acceptors (Lipinski definition) is 2. The highest BCUT2D eigenvalue weighted by molar-refractivity contribution is 5.91. The molecule has 4 nitrogen and oxygen atoms in total. The smallest absolute Gasteiger partial charge is 0.335 e. The fourth-order valence-electron chi connectivity index (χ4n) is 3.04. The molecule has 2 rings (SSSR count). The summed E-state index contributed by atoms with van der Waals surface area (Å²) in [6.45, 7) is 0.786. The van der Waals surface area contributed by atoms with E-state index < -0.39 is 5.97 Å². The largest absolute Gasteiger partial charge is 0.478 e. The van der Waals surface area contributed by atoms with Crippen molar-refractivity contribution in [1.82, 2.24) is 4.90 Å². The highest BCUT2D eigenvalue weighted by Gasteiger charge is 2.19. The predicted molar refractivity (Wildman–Crippen MR) is 81.3 cm³/mol. The van der Waals surface area contributed by atoms with Gasteiger partial charge in [0.05, 0.1) is 12.0 Å². The third-order valence-electron chi connectivity index (χ3n) is 4.27. The molecule has 0 aromatic heterocycles. The number of hydrogen-bond donors (Lipinski definition) is 1. The van der Waals surface area contributed by atoms with Crippen LogP contribution in [0.15, 0.2) is 24.3 Å². The van der Waals surface area contributed by atoms with Gasteiger partial charge in [0.1, 0.15) is 0 Å². The lowest BCUT2D eigenvalue weighted by Crippen LogP contribution is -2.34. The molecule has 21 heavy (non-hydrogen) atoms. The first-order valence-electron chi connectivity index (χ1n) is 7.63. The second kappa shape index (κ2) is 7.25. The molecule has 0 atom stereocenters. The van der Waals surface area contributed by atoms with Crippen molar-refractivity contribution >= 4 is 11.9 Å². The van der Waals surface area contributed by atoms with Crippen LogP contribution in [0.25, 0.3) is 0 Å². The Hall–Kier alpha value is -1.84. The number of benzene rings is 1. The van der Waals surface area contributed by atoms with Crippen molar-refractivity contribution in [2.75, 3.05) is 13.6 Å². The molecule has 1 aliphatic carbocycles. The minimum atomic E-state index is -0.978. The Balaban J connectivity index is 1.95. The molecule has 1 saturated carbocycles. The molecule has 1 aromatic rings. The van der Waals surface area contributed by atoms with Crippen molar-refractivity contribution in [2.45, 2.75) is 38.5 Å². The van der Waals surface area contributed by atoms with E-state index in [0.717, 1.165) is 6.54 Å². The lowest BCUT2D eigenvalue weighted by molar-refractivity contribution is -0.129. The number of carbonyl (C=O) groups is 2. The number of amides is 1. The SMILES string of the molecule is CN(CC1CCCCC1)C(=O)Cc1ccccc1C(=O)O. The Kier molecular flexibility index (Phi) is 5.37. The van der Waals surface area contributed by atoms with Crippen LogP contribution in [0.2, 0.25) is 0 Å². The fourth-order valence-corrected chi connectivity index (χ4v) is 3.04. The van der Waals surface area contributed by atoms with Gasteiger partial charge in [-0.15, -0.1) is 0 Å². The molecule has 0 aliphatic heterocycles. The standard InChI is InChI=1S/C17H23NO3/c1-18(12-13-7-3-2-4-8-13)16(19)11-14-9-5-6-10-15(14)17(20)21/h5-6,9-10,13H,2-4,7-8,11-12H2,1H3,(H,20,21). The van der Waals surface area contributed by atoms with Crippen molar-refractivity contribution in [3.63, 3.8) is 0 Å². The molecule has 1 aliphatic rings. The topological polar surface area (TPSA) is 57.6 Å². The van der Waals surface area contributed by atoms with E-state index in [1.807, 2.05) is 7.05 Å². The summed E-state index contributed by atoms with van der Waals surface area (Å²) in [6, 6.07) is 6.72. The lowest BCUT2D eigenvalue weighted by atomic mass is 9.89. The quantitative estimate of drug-likeness (QED) is 0.906. The Labute approximate surface area is 125 Å². The molecule has 1 aromatic carbocycles. The highest BCUT2D eigenvalue weighted by Crippen LogP contribution is 2.24. The Morgan fingerprint density at radius 3 is 2.52 bits per heavy atom. The fraction of sp³-hybridized carbons (Fsp3) is 0.529. The van der Waals surface area contributed by atoms with Gasteiger partial charge < -0.3 is 10.0 Å². The zero-order chi connectivity index (χ0) is 15.2. The first-order valence-corrected chi connectivity index (χ1v) is 7.63. The van der Waals surface area contributed by atoms with Gasteiger partial charge in [-0.05, 0) is 30.4 Å². The zero-order valence-corrected chi connectivity index (χ0v) is 12.5. The Morgan fingerprint density at radius 2 is 1.86 bits per heavy atom. The van der Waals surface area contributed by atoms with Gasteiger partial charge in [0.25, 0.3) is 0 Å². The highest BCUT2D eigenvalue weighted by atomic mass is 16.4. The van der Waals surface area contributed by atoms with Crippen molar-refractivity contribution in [3.05, 3.63) is 35.4 Å². The minimum Gasteiger partial charge on any atom is -0.478 e. The third kappa shape index (κ3) is 4.31. The maximum atomic E-state index is 12.3. The maximum Gasteiger partial charge on any atom is 0.335 e. The number of carbonyl (C=O) groups excluding carboxylic acids is 1. The normalized spacial score (nSPS) is 15.7. The summed E-state index contributed by atoms with van der Waals surface area (Å²) in [5.74, 6) is -0.384. The van der Waals surface area contributed by atoms with Gasteiger partial charge in [-0.1, -0.05) is 37.5 Å². The zero-order valence-electron chi connectivity index (χ0n) is 12.5. The van der Waals surface area contributed by atoms with Gasteiger partial charge in [0.15, 0.2) is 0 Å². The average molecular weight is 289 g/mol.